The van der Waals surface area contributed by atoms with Crippen LogP contribution in [-0.2, 0) is 22.6 Å². The number of amides is 1. The van der Waals surface area contributed by atoms with Gasteiger partial charge >= 0.3 is 0 Å². The molecule has 1 N–H and O–H groups in total. The predicted molar refractivity (Wildman–Crippen MR) is 97.2 cm³/mol. The van der Waals surface area contributed by atoms with Crippen molar-refractivity contribution in [3.63, 3.8) is 0 Å². The molecule has 0 radical (unpaired) electrons. The number of Topliss-reactive ketones (excluding diaryl/α,β-unsaturated/α-hetero) is 1. The van der Waals surface area contributed by atoms with Crippen molar-refractivity contribution in [2.75, 3.05) is 0 Å². The number of ketones is 1. The van der Waals surface area contributed by atoms with E-state index in [0.717, 1.165) is 22.4 Å². The SMILES string of the molecule is CC(=O)[C@@H](Cc1ccccc1)NC(=O)Cn1c(C)nc2ccccc21. The number of nitrogens with one attached hydrogen (secondary N) is 1. The van der Waals surface area contributed by atoms with Crippen LogP contribution in [0.25, 0.3) is 11.0 Å². The van der Waals surface area contributed by atoms with Crippen molar-refractivity contribution in [2.24, 2.45) is 0 Å². The van der Waals surface area contributed by atoms with Crippen LogP contribution in [0.3, 0.4) is 0 Å². The van der Waals surface area contributed by atoms with Gasteiger partial charge in [-0.2, -0.15) is 0 Å². The van der Waals surface area contributed by atoms with E-state index in [9.17, 15) is 9.59 Å². The molecule has 0 saturated heterocycles. The van der Waals surface area contributed by atoms with Gasteiger partial charge in [0.2, 0.25) is 5.91 Å². The van der Waals surface area contributed by atoms with Crippen LogP contribution in [0.1, 0.15) is 18.3 Å². The molecular weight excluding hydrogens is 314 g/mol. The van der Waals surface area contributed by atoms with Crippen molar-refractivity contribution >= 4 is 22.7 Å². The number of para-hydroxylation sites is 2. The summed E-state index contributed by atoms with van der Waals surface area (Å²) >= 11 is 0. The summed E-state index contributed by atoms with van der Waals surface area (Å²) in [6, 6.07) is 16.9. The second-order valence-electron chi connectivity index (χ2n) is 6.15. The normalized spacial score (nSPS) is 12.1. The standard InChI is InChI=1S/C20H21N3O2/c1-14(24)18(12-16-8-4-3-5-9-16)22-20(25)13-23-15(2)21-17-10-6-7-11-19(17)23/h3-11,18H,12-13H2,1-2H3,(H,22,25)/t18-/m1/s1. The Morgan fingerprint density at radius 3 is 2.48 bits per heavy atom. The summed E-state index contributed by atoms with van der Waals surface area (Å²) in [5.41, 5.74) is 2.80. The van der Waals surface area contributed by atoms with Crippen molar-refractivity contribution in [2.45, 2.75) is 32.9 Å². The van der Waals surface area contributed by atoms with E-state index in [-0.39, 0.29) is 18.2 Å². The number of carbonyl (C=O) groups excluding carboxylic acids is 2. The number of carbonyl (C=O) groups is 2. The Hall–Kier alpha value is -2.95. The summed E-state index contributed by atoms with van der Waals surface area (Å²) in [7, 11) is 0. The highest BCUT2D eigenvalue weighted by Gasteiger charge is 2.19. The topological polar surface area (TPSA) is 64.0 Å². The molecule has 0 spiro atoms. The number of rotatable bonds is 6. The van der Waals surface area contributed by atoms with Crippen molar-refractivity contribution in [1.82, 2.24) is 14.9 Å². The van der Waals surface area contributed by atoms with Crippen LogP contribution in [0, 0.1) is 6.92 Å². The van der Waals surface area contributed by atoms with Gasteiger partial charge in [-0.3, -0.25) is 9.59 Å². The minimum absolute atomic E-state index is 0.0515. The molecular formula is C20H21N3O2. The number of hydrogen-bond acceptors (Lipinski definition) is 3. The van der Waals surface area contributed by atoms with Crippen LogP contribution in [0.15, 0.2) is 54.6 Å². The number of benzene rings is 2. The Kier molecular flexibility index (Phi) is 4.93. The molecule has 3 aromatic rings. The van der Waals surface area contributed by atoms with Crippen LogP contribution in [0.4, 0.5) is 0 Å². The Labute approximate surface area is 146 Å². The van der Waals surface area contributed by atoms with E-state index in [0.29, 0.717) is 6.42 Å². The van der Waals surface area contributed by atoms with E-state index in [1.807, 2.05) is 66.1 Å². The maximum Gasteiger partial charge on any atom is 0.240 e. The lowest BCUT2D eigenvalue weighted by atomic mass is 10.0. The summed E-state index contributed by atoms with van der Waals surface area (Å²) in [6.45, 7) is 3.52. The molecule has 1 aromatic heterocycles. The third-order valence-electron chi connectivity index (χ3n) is 4.26. The van der Waals surface area contributed by atoms with E-state index in [1.54, 1.807) is 0 Å². The van der Waals surface area contributed by atoms with Gasteiger partial charge in [0.1, 0.15) is 12.4 Å². The Bertz CT molecular complexity index is 900. The third-order valence-corrected chi connectivity index (χ3v) is 4.26. The van der Waals surface area contributed by atoms with Crippen molar-refractivity contribution in [3.05, 3.63) is 66.0 Å². The Balaban J connectivity index is 1.73. The molecule has 1 heterocycles. The highest BCUT2D eigenvalue weighted by molar-refractivity contribution is 5.88. The molecule has 2 aromatic carbocycles. The van der Waals surface area contributed by atoms with Crippen LogP contribution in [-0.4, -0.2) is 27.3 Å². The lowest BCUT2D eigenvalue weighted by Gasteiger charge is -2.17. The van der Waals surface area contributed by atoms with E-state index >= 15 is 0 Å². The molecule has 1 amide bonds. The molecule has 5 nitrogen and oxygen atoms in total. The zero-order chi connectivity index (χ0) is 17.8. The van der Waals surface area contributed by atoms with Crippen LogP contribution >= 0.6 is 0 Å². The smallest absolute Gasteiger partial charge is 0.240 e. The largest absolute Gasteiger partial charge is 0.344 e. The number of fused-ring (bicyclic) bond motifs is 1. The quantitative estimate of drug-likeness (QED) is 0.753. The number of hydrogen-bond donors (Lipinski definition) is 1. The van der Waals surface area contributed by atoms with Gasteiger partial charge in [0.05, 0.1) is 17.1 Å². The van der Waals surface area contributed by atoms with Crippen LogP contribution in [0.5, 0.6) is 0 Å². The Morgan fingerprint density at radius 2 is 1.76 bits per heavy atom. The van der Waals surface area contributed by atoms with E-state index < -0.39 is 6.04 Å². The van der Waals surface area contributed by atoms with Crippen LogP contribution in [0.2, 0.25) is 0 Å². The van der Waals surface area contributed by atoms with Gasteiger partial charge in [0.25, 0.3) is 0 Å². The second-order valence-corrected chi connectivity index (χ2v) is 6.15. The highest BCUT2D eigenvalue weighted by Crippen LogP contribution is 2.15. The zero-order valence-electron chi connectivity index (χ0n) is 14.4. The third kappa shape index (κ3) is 3.94. The minimum atomic E-state index is -0.523. The monoisotopic (exact) mass is 335 g/mol. The van der Waals surface area contributed by atoms with Gasteiger partial charge < -0.3 is 9.88 Å². The Morgan fingerprint density at radius 1 is 1.08 bits per heavy atom. The lowest BCUT2D eigenvalue weighted by Crippen LogP contribution is -2.42. The van der Waals surface area contributed by atoms with Crippen molar-refractivity contribution < 1.29 is 9.59 Å². The fourth-order valence-electron chi connectivity index (χ4n) is 2.93. The maximum absolute atomic E-state index is 12.5. The minimum Gasteiger partial charge on any atom is -0.344 e. The first kappa shape index (κ1) is 16.9. The molecule has 0 bridgehead atoms. The molecule has 25 heavy (non-hydrogen) atoms. The molecule has 0 unspecified atom stereocenters. The molecule has 0 aliphatic rings. The first-order valence-electron chi connectivity index (χ1n) is 8.30. The molecule has 0 aliphatic heterocycles. The second kappa shape index (κ2) is 7.30. The van der Waals surface area contributed by atoms with Crippen LogP contribution < -0.4 is 5.32 Å². The predicted octanol–water partition coefficient (Wildman–Crippen LogP) is 2.66. The van der Waals surface area contributed by atoms with Gasteiger partial charge in [0.15, 0.2) is 5.78 Å². The van der Waals surface area contributed by atoms with Crippen molar-refractivity contribution in [1.29, 1.82) is 0 Å². The first-order valence-corrected chi connectivity index (χ1v) is 8.30. The fraction of sp³-hybridized carbons (Fsp3) is 0.250. The summed E-state index contributed by atoms with van der Waals surface area (Å²) < 4.78 is 1.87. The average Bonchev–Trinajstić information content (AvgIpc) is 2.91. The summed E-state index contributed by atoms with van der Waals surface area (Å²) in [5, 5.41) is 2.86. The van der Waals surface area contributed by atoms with Gasteiger partial charge in [-0.05, 0) is 38.0 Å². The van der Waals surface area contributed by atoms with Crippen molar-refractivity contribution in [3.8, 4) is 0 Å². The van der Waals surface area contributed by atoms with E-state index in [2.05, 4.69) is 10.3 Å². The van der Waals surface area contributed by atoms with Gasteiger partial charge in [-0.25, -0.2) is 4.98 Å². The van der Waals surface area contributed by atoms with Gasteiger partial charge in [0, 0.05) is 0 Å². The fourth-order valence-corrected chi connectivity index (χ4v) is 2.93. The number of imidazole rings is 1. The van der Waals surface area contributed by atoms with E-state index in [4.69, 9.17) is 0 Å². The highest BCUT2D eigenvalue weighted by atomic mass is 16.2. The number of aromatic nitrogens is 2. The van der Waals surface area contributed by atoms with Gasteiger partial charge in [-0.15, -0.1) is 0 Å². The maximum atomic E-state index is 12.5. The first-order chi connectivity index (χ1) is 12.0. The number of aryl methyl sites for hydroxylation is 1. The lowest BCUT2D eigenvalue weighted by molar-refractivity contribution is -0.127. The average molecular weight is 335 g/mol. The molecule has 128 valence electrons. The summed E-state index contributed by atoms with van der Waals surface area (Å²) in [5.74, 6) is 0.533. The summed E-state index contributed by atoms with van der Waals surface area (Å²) in [6.07, 6.45) is 0.492. The number of nitrogens with zero attached hydrogens (tertiary/aromatic N) is 2. The molecule has 0 fully saturated rings. The summed E-state index contributed by atoms with van der Waals surface area (Å²) in [4.78, 5) is 28.9. The molecule has 0 aliphatic carbocycles. The molecule has 5 heteroatoms. The van der Waals surface area contributed by atoms with E-state index in [1.165, 1.54) is 6.92 Å². The zero-order valence-corrected chi connectivity index (χ0v) is 14.4. The molecule has 0 saturated carbocycles. The molecule has 3 rings (SSSR count). The van der Waals surface area contributed by atoms with Gasteiger partial charge in [-0.1, -0.05) is 42.5 Å². The molecule has 1 atom stereocenters.